The lowest BCUT2D eigenvalue weighted by Crippen LogP contribution is -2.38. The molecule has 1 heterocycles. The van der Waals surface area contributed by atoms with E-state index in [9.17, 15) is 14.4 Å². The van der Waals surface area contributed by atoms with E-state index in [0.717, 1.165) is 16.0 Å². The van der Waals surface area contributed by atoms with Gasteiger partial charge >= 0.3 is 0 Å². The number of benzene rings is 2. The molecule has 2 aromatic carbocycles. The molecule has 0 aromatic heterocycles. The summed E-state index contributed by atoms with van der Waals surface area (Å²) in [5, 5.41) is 3.16. The molecule has 5 nitrogen and oxygen atoms in total. The van der Waals surface area contributed by atoms with Crippen LogP contribution in [0.25, 0.3) is 0 Å². The minimum absolute atomic E-state index is 0.128. The van der Waals surface area contributed by atoms with Gasteiger partial charge in [-0.15, -0.1) is 0 Å². The summed E-state index contributed by atoms with van der Waals surface area (Å²) in [5.74, 6) is -0.880. The van der Waals surface area contributed by atoms with Gasteiger partial charge in [0.1, 0.15) is 0 Å². The largest absolute Gasteiger partial charge is 0.354 e. The minimum Gasteiger partial charge on any atom is -0.354 e. The third-order valence-electron chi connectivity index (χ3n) is 4.20. The van der Waals surface area contributed by atoms with Crippen LogP contribution in [-0.4, -0.2) is 35.7 Å². The Bertz CT molecular complexity index is 863. The van der Waals surface area contributed by atoms with Crippen LogP contribution in [0.2, 0.25) is 5.02 Å². The van der Waals surface area contributed by atoms with Crippen LogP contribution < -0.4 is 5.32 Å². The van der Waals surface area contributed by atoms with E-state index in [1.165, 1.54) is 6.07 Å². The molecule has 3 rings (SSSR count). The first-order valence-corrected chi connectivity index (χ1v) is 8.32. The first-order chi connectivity index (χ1) is 12.0. The van der Waals surface area contributed by atoms with Crippen molar-refractivity contribution in [3.05, 3.63) is 69.7 Å². The van der Waals surface area contributed by atoms with E-state index in [1.807, 2.05) is 31.2 Å². The SMILES string of the molecule is Cc1ccccc1CC(=O)NCCN1C(=O)c2ccc(Cl)cc2C1=O. The van der Waals surface area contributed by atoms with Gasteiger partial charge in [-0.1, -0.05) is 35.9 Å². The summed E-state index contributed by atoms with van der Waals surface area (Å²) in [6.07, 6.45) is 0.268. The quantitative estimate of drug-likeness (QED) is 0.837. The molecule has 128 valence electrons. The van der Waals surface area contributed by atoms with Gasteiger partial charge in [-0.3, -0.25) is 19.3 Å². The second-order valence-electron chi connectivity index (χ2n) is 5.91. The van der Waals surface area contributed by atoms with Crippen molar-refractivity contribution >= 4 is 29.3 Å². The molecule has 1 aliphatic rings. The molecule has 0 bridgehead atoms. The predicted octanol–water partition coefficient (Wildman–Crippen LogP) is 2.60. The lowest BCUT2D eigenvalue weighted by atomic mass is 10.1. The summed E-state index contributed by atoms with van der Waals surface area (Å²) >= 11 is 5.88. The molecule has 0 unspecified atom stereocenters. The number of imide groups is 1. The van der Waals surface area contributed by atoms with Gasteiger partial charge in [0.25, 0.3) is 11.8 Å². The molecular formula is C19H17ClN2O3. The van der Waals surface area contributed by atoms with Crippen molar-refractivity contribution in [1.82, 2.24) is 10.2 Å². The van der Waals surface area contributed by atoms with Crippen molar-refractivity contribution in [2.45, 2.75) is 13.3 Å². The molecule has 3 amide bonds. The molecule has 0 aliphatic carbocycles. The minimum atomic E-state index is -0.379. The van der Waals surface area contributed by atoms with Crippen molar-refractivity contribution in [3.8, 4) is 0 Å². The van der Waals surface area contributed by atoms with Gasteiger partial charge in [0.05, 0.1) is 17.5 Å². The maximum atomic E-state index is 12.3. The van der Waals surface area contributed by atoms with E-state index in [-0.39, 0.29) is 37.2 Å². The molecule has 0 fully saturated rings. The van der Waals surface area contributed by atoms with Crippen LogP contribution in [0.4, 0.5) is 0 Å². The second-order valence-corrected chi connectivity index (χ2v) is 6.34. The fourth-order valence-corrected chi connectivity index (χ4v) is 2.99. The zero-order valence-electron chi connectivity index (χ0n) is 13.7. The Morgan fingerprint density at radius 2 is 1.80 bits per heavy atom. The zero-order chi connectivity index (χ0) is 18.0. The predicted molar refractivity (Wildman–Crippen MR) is 94.7 cm³/mol. The maximum absolute atomic E-state index is 12.3. The van der Waals surface area contributed by atoms with Gasteiger partial charge in [0.15, 0.2) is 0 Å². The number of carbonyl (C=O) groups excluding carboxylic acids is 3. The van der Waals surface area contributed by atoms with Gasteiger partial charge in [-0.2, -0.15) is 0 Å². The number of nitrogens with one attached hydrogen (secondary N) is 1. The first-order valence-electron chi connectivity index (χ1n) is 7.94. The summed E-state index contributed by atoms with van der Waals surface area (Å²) in [4.78, 5) is 37.8. The molecule has 6 heteroatoms. The Labute approximate surface area is 150 Å². The van der Waals surface area contributed by atoms with Crippen LogP contribution >= 0.6 is 11.6 Å². The van der Waals surface area contributed by atoms with Crippen LogP contribution in [0.1, 0.15) is 31.8 Å². The van der Waals surface area contributed by atoms with Gasteiger partial charge in [-0.25, -0.2) is 0 Å². The Balaban J connectivity index is 1.56. The fourth-order valence-electron chi connectivity index (χ4n) is 2.82. The van der Waals surface area contributed by atoms with E-state index < -0.39 is 0 Å². The van der Waals surface area contributed by atoms with Crippen LogP contribution in [0.5, 0.6) is 0 Å². The molecular weight excluding hydrogens is 340 g/mol. The fraction of sp³-hybridized carbons (Fsp3) is 0.211. The molecule has 0 saturated heterocycles. The summed E-state index contributed by atoms with van der Waals surface area (Å²) in [6, 6.07) is 12.3. The Morgan fingerprint density at radius 3 is 2.56 bits per heavy atom. The Morgan fingerprint density at radius 1 is 1.08 bits per heavy atom. The average molecular weight is 357 g/mol. The number of fused-ring (bicyclic) bond motifs is 1. The molecule has 2 aromatic rings. The summed E-state index contributed by atoms with van der Waals surface area (Å²) < 4.78 is 0. The number of hydrogen-bond donors (Lipinski definition) is 1. The highest BCUT2D eigenvalue weighted by atomic mass is 35.5. The number of nitrogens with zero attached hydrogens (tertiary/aromatic N) is 1. The van der Waals surface area contributed by atoms with E-state index in [0.29, 0.717) is 16.1 Å². The number of hydrogen-bond acceptors (Lipinski definition) is 3. The van der Waals surface area contributed by atoms with Crippen molar-refractivity contribution in [2.75, 3.05) is 13.1 Å². The number of amides is 3. The summed E-state index contributed by atoms with van der Waals surface area (Å²) in [5.41, 5.74) is 2.66. The highest BCUT2D eigenvalue weighted by Crippen LogP contribution is 2.25. The standard InChI is InChI=1S/C19H17ClN2O3/c1-12-4-2-3-5-13(12)10-17(23)21-8-9-22-18(24)15-7-6-14(20)11-16(15)19(22)25/h2-7,11H,8-10H2,1H3,(H,21,23). The highest BCUT2D eigenvalue weighted by Gasteiger charge is 2.35. The average Bonchev–Trinajstić information content (AvgIpc) is 2.81. The van der Waals surface area contributed by atoms with Crippen molar-refractivity contribution in [2.24, 2.45) is 0 Å². The summed E-state index contributed by atoms with van der Waals surface area (Å²) in [6.45, 7) is 2.29. The number of aryl methyl sites for hydroxylation is 1. The van der Waals surface area contributed by atoms with Gasteiger partial charge in [-0.05, 0) is 36.2 Å². The van der Waals surface area contributed by atoms with E-state index >= 15 is 0 Å². The highest BCUT2D eigenvalue weighted by molar-refractivity contribution is 6.32. The Hall–Kier alpha value is -2.66. The third kappa shape index (κ3) is 3.56. The van der Waals surface area contributed by atoms with Crippen LogP contribution in [-0.2, 0) is 11.2 Å². The first kappa shape index (κ1) is 17.2. The molecule has 0 atom stereocenters. The maximum Gasteiger partial charge on any atom is 0.261 e. The van der Waals surface area contributed by atoms with Gasteiger partial charge in [0, 0.05) is 18.1 Å². The lowest BCUT2D eigenvalue weighted by Gasteiger charge is -2.14. The number of carbonyl (C=O) groups is 3. The van der Waals surface area contributed by atoms with Crippen LogP contribution in [0, 0.1) is 6.92 Å². The smallest absolute Gasteiger partial charge is 0.261 e. The summed E-state index contributed by atoms with van der Waals surface area (Å²) in [7, 11) is 0. The lowest BCUT2D eigenvalue weighted by molar-refractivity contribution is -0.120. The van der Waals surface area contributed by atoms with Crippen LogP contribution in [0.15, 0.2) is 42.5 Å². The molecule has 25 heavy (non-hydrogen) atoms. The molecule has 0 saturated carbocycles. The van der Waals surface area contributed by atoms with Crippen molar-refractivity contribution in [3.63, 3.8) is 0 Å². The monoisotopic (exact) mass is 356 g/mol. The third-order valence-corrected chi connectivity index (χ3v) is 4.44. The molecule has 0 radical (unpaired) electrons. The molecule has 1 N–H and O–H groups in total. The Kier molecular flexibility index (Phi) is 4.86. The normalized spacial score (nSPS) is 13.1. The second kappa shape index (κ2) is 7.07. The number of rotatable bonds is 5. The van der Waals surface area contributed by atoms with Crippen molar-refractivity contribution in [1.29, 1.82) is 0 Å². The van der Waals surface area contributed by atoms with Crippen LogP contribution in [0.3, 0.4) is 0 Å². The molecule has 0 spiro atoms. The topological polar surface area (TPSA) is 66.5 Å². The van der Waals surface area contributed by atoms with E-state index in [1.54, 1.807) is 12.1 Å². The van der Waals surface area contributed by atoms with E-state index in [2.05, 4.69) is 5.32 Å². The zero-order valence-corrected chi connectivity index (χ0v) is 14.5. The number of halogens is 1. The van der Waals surface area contributed by atoms with E-state index in [4.69, 9.17) is 11.6 Å². The van der Waals surface area contributed by atoms with Gasteiger partial charge < -0.3 is 5.32 Å². The van der Waals surface area contributed by atoms with Gasteiger partial charge in [0.2, 0.25) is 5.91 Å². The molecule has 1 aliphatic heterocycles. The van der Waals surface area contributed by atoms with Crippen molar-refractivity contribution < 1.29 is 14.4 Å².